The molecule has 0 aliphatic carbocycles. The summed E-state index contributed by atoms with van der Waals surface area (Å²) < 4.78 is 29.3. The van der Waals surface area contributed by atoms with Crippen LogP contribution in [0.25, 0.3) is 11.2 Å². The van der Waals surface area contributed by atoms with Crippen LogP contribution in [0.15, 0.2) is 11.1 Å². The lowest BCUT2D eigenvalue weighted by Crippen LogP contribution is -2.53. The maximum atomic E-state index is 15.9. The number of alkyl halides is 1. The number of aliphatic hydroxyl groups excluding tert-OH is 1. The van der Waals surface area contributed by atoms with Gasteiger partial charge in [0.25, 0.3) is 5.56 Å². The first-order valence-electron chi connectivity index (χ1n) is 8.85. The lowest BCUT2D eigenvalue weighted by Gasteiger charge is -2.36. The summed E-state index contributed by atoms with van der Waals surface area (Å²) in [6, 6.07) is 0. The van der Waals surface area contributed by atoms with Crippen LogP contribution in [0, 0.1) is 0 Å². The van der Waals surface area contributed by atoms with Crippen molar-refractivity contribution in [1.29, 1.82) is 0 Å². The number of hydrogen-bond donors (Lipinski definition) is 3. The van der Waals surface area contributed by atoms with Gasteiger partial charge in [0.2, 0.25) is 5.95 Å². The molecule has 0 radical (unpaired) electrons. The van der Waals surface area contributed by atoms with Gasteiger partial charge in [-0.3, -0.25) is 14.3 Å². The number of nitrogens with one attached hydrogen (secondary N) is 1. The fourth-order valence-corrected chi connectivity index (χ4v) is 5.61. The molecule has 0 saturated carbocycles. The molecule has 27 heavy (non-hydrogen) atoms. The Labute approximate surface area is 157 Å². The molecule has 0 aromatic carbocycles. The highest BCUT2D eigenvalue weighted by Crippen LogP contribution is 2.43. The van der Waals surface area contributed by atoms with Gasteiger partial charge in [0.15, 0.2) is 22.7 Å². The highest BCUT2D eigenvalue weighted by Gasteiger charge is 2.60. The van der Waals surface area contributed by atoms with E-state index in [9.17, 15) is 9.90 Å². The minimum Gasteiger partial charge on any atom is -0.394 e. The van der Waals surface area contributed by atoms with Crippen LogP contribution in [0.4, 0.5) is 10.3 Å². The van der Waals surface area contributed by atoms with Crippen molar-refractivity contribution in [3.05, 3.63) is 16.7 Å². The zero-order valence-corrected chi connectivity index (χ0v) is 17.2. The number of halogens is 1. The van der Waals surface area contributed by atoms with Gasteiger partial charge in [-0.05, 0) is 20.8 Å². The van der Waals surface area contributed by atoms with Gasteiger partial charge in [0.1, 0.15) is 21.0 Å². The van der Waals surface area contributed by atoms with E-state index in [0.717, 1.165) is 0 Å². The number of anilines is 1. The molecule has 11 heteroatoms. The average molecular weight is 399 g/mol. The number of aromatic amines is 1. The molecule has 1 saturated heterocycles. The number of hydrogen-bond acceptors (Lipinski definition) is 7. The standard InChI is InChI=1S/C16H26FN5O4Si/c1-15(2,3)26-10-8(6-23)25-16(11(10)17,27(4)5)22-7-19-9-12(22)20-14(18)21-13(9)24/h7-8,10-11,23,27H,6H2,1-5H3,(H3,18,20,21,24)/t8-,10-,11-,16+/m1/s1. The van der Waals surface area contributed by atoms with Crippen LogP contribution in [0.1, 0.15) is 20.8 Å². The van der Waals surface area contributed by atoms with Gasteiger partial charge in [-0.15, -0.1) is 0 Å². The molecule has 4 atom stereocenters. The number of H-pyrrole nitrogens is 1. The SMILES string of the molecule is C[SiH](C)[C@@]1(n2cnc3c(=O)[nH]c(N)nc32)O[C@H](CO)[C@@H](OC(C)(C)C)[C@H]1F. The predicted molar refractivity (Wildman–Crippen MR) is 101 cm³/mol. The minimum atomic E-state index is -1.97. The second-order valence-corrected chi connectivity index (χ2v) is 11.2. The van der Waals surface area contributed by atoms with Gasteiger partial charge >= 0.3 is 0 Å². The smallest absolute Gasteiger partial charge is 0.280 e. The molecule has 1 fully saturated rings. The molecule has 9 nitrogen and oxygen atoms in total. The third kappa shape index (κ3) is 3.18. The van der Waals surface area contributed by atoms with Crippen LogP contribution in [0.5, 0.6) is 0 Å². The monoisotopic (exact) mass is 399 g/mol. The molecule has 2 aromatic rings. The number of nitrogens with two attached hydrogens (primary N) is 1. The number of nitrogen functional groups attached to an aromatic ring is 1. The maximum absolute atomic E-state index is 15.9. The number of nitrogens with zero attached hydrogens (tertiary/aromatic N) is 3. The summed E-state index contributed by atoms with van der Waals surface area (Å²) in [5.41, 5.74) is 4.74. The lowest BCUT2D eigenvalue weighted by molar-refractivity contribution is -0.114. The number of imidazole rings is 1. The summed E-state index contributed by atoms with van der Waals surface area (Å²) in [6.07, 6.45) is -2.06. The minimum absolute atomic E-state index is 0.0507. The Morgan fingerprint density at radius 1 is 1.52 bits per heavy atom. The van der Waals surface area contributed by atoms with Gasteiger partial charge in [0.05, 0.1) is 18.5 Å². The van der Waals surface area contributed by atoms with Crippen molar-refractivity contribution in [2.75, 3.05) is 12.3 Å². The Bertz CT molecular complexity index is 895. The summed E-state index contributed by atoms with van der Waals surface area (Å²) in [7, 11) is -1.97. The molecule has 1 aliphatic heterocycles. The first-order valence-corrected chi connectivity index (χ1v) is 11.7. The molecule has 0 unspecified atom stereocenters. The highest BCUT2D eigenvalue weighted by atomic mass is 28.3. The molecule has 0 amide bonds. The van der Waals surface area contributed by atoms with Gasteiger partial charge < -0.3 is 20.3 Å². The van der Waals surface area contributed by atoms with Crippen LogP contribution in [-0.2, 0) is 14.8 Å². The van der Waals surface area contributed by atoms with E-state index >= 15 is 4.39 Å². The second-order valence-electron chi connectivity index (χ2n) is 8.08. The van der Waals surface area contributed by atoms with Gasteiger partial charge in [-0.1, -0.05) is 13.1 Å². The molecule has 150 valence electrons. The third-order valence-corrected chi connectivity index (χ3v) is 7.08. The van der Waals surface area contributed by atoms with Gasteiger partial charge in [-0.2, -0.15) is 4.98 Å². The van der Waals surface area contributed by atoms with Crippen molar-refractivity contribution in [2.45, 2.75) is 63.2 Å². The second kappa shape index (κ2) is 6.65. The number of ether oxygens (including phenoxy) is 2. The van der Waals surface area contributed by atoms with Crippen molar-refractivity contribution in [3.8, 4) is 0 Å². The van der Waals surface area contributed by atoms with Crippen LogP contribution >= 0.6 is 0 Å². The molecule has 2 aromatic heterocycles. The first-order chi connectivity index (χ1) is 12.5. The van der Waals surface area contributed by atoms with Crippen molar-refractivity contribution in [1.82, 2.24) is 19.5 Å². The predicted octanol–water partition coefficient (Wildman–Crippen LogP) is 0.293. The average Bonchev–Trinajstić information content (AvgIpc) is 3.07. The van der Waals surface area contributed by atoms with E-state index in [1.165, 1.54) is 10.9 Å². The molecule has 3 rings (SSSR count). The maximum Gasteiger partial charge on any atom is 0.280 e. The van der Waals surface area contributed by atoms with E-state index in [0.29, 0.717) is 0 Å². The highest BCUT2D eigenvalue weighted by molar-refractivity contribution is 6.58. The lowest BCUT2D eigenvalue weighted by atomic mass is 10.1. The van der Waals surface area contributed by atoms with E-state index in [1.54, 1.807) is 0 Å². The quantitative estimate of drug-likeness (QED) is 0.631. The number of rotatable bonds is 4. The van der Waals surface area contributed by atoms with Gasteiger partial charge in [-0.25, -0.2) is 9.37 Å². The molecule has 4 N–H and O–H groups in total. The summed E-state index contributed by atoms with van der Waals surface area (Å²) in [5.74, 6) is -0.0931. The molecular weight excluding hydrogens is 373 g/mol. The van der Waals surface area contributed by atoms with E-state index in [1.807, 2.05) is 33.9 Å². The Morgan fingerprint density at radius 3 is 2.74 bits per heavy atom. The summed E-state index contributed by atoms with van der Waals surface area (Å²) in [6.45, 7) is 8.89. The Balaban J connectivity index is 2.19. The summed E-state index contributed by atoms with van der Waals surface area (Å²) in [5, 5.41) is 8.37. The zero-order valence-electron chi connectivity index (χ0n) is 16.1. The van der Waals surface area contributed by atoms with Crippen molar-refractivity contribution < 1.29 is 19.0 Å². The van der Waals surface area contributed by atoms with E-state index in [2.05, 4.69) is 15.0 Å². The fraction of sp³-hybridized carbons (Fsp3) is 0.688. The van der Waals surface area contributed by atoms with E-state index in [4.69, 9.17) is 15.2 Å². The number of fused-ring (bicyclic) bond motifs is 1. The Hall–Kier alpha value is -1.82. The van der Waals surface area contributed by atoms with E-state index < -0.39 is 50.3 Å². The van der Waals surface area contributed by atoms with Crippen molar-refractivity contribution in [2.24, 2.45) is 0 Å². The molecule has 1 aliphatic rings. The molecule has 0 spiro atoms. The largest absolute Gasteiger partial charge is 0.394 e. The van der Waals surface area contributed by atoms with Crippen LogP contribution in [0.3, 0.4) is 0 Å². The van der Waals surface area contributed by atoms with Crippen LogP contribution in [-0.4, -0.2) is 64.0 Å². The fourth-order valence-electron chi connectivity index (χ4n) is 3.59. The third-order valence-electron chi connectivity index (χ3n) is 4.69. The summed E-state index contributed by atoms with van der Waals surface area (Å²) in [4.78, 5) is 22.7. The Morgan fingerprint density at radius 2 is 2.19 bits per heavy atom. The number of aliphatic hydroxyl groups is 1. The van der Waals surface area contributed by atoms with Crippen LogP contribution in [0.2, 0.25) is 13.1 Å². The van der Waals surface area contributed by atoms with Crippen molar-refractivity contribution in [3.63, 3.8) is 0 Å². The van der Waals surface area contributed by atoms with Crippen molar-refractivity contribution >= 4 is 25.9 Å². The molecular formula is C16H26FN5O4Si. The summed E-state index contributed by atoms with van der Waals surface area (Å²) >= 11 is 0. The topological polar surface area (TPSA) is 128 Å². The first kappa shape index (κ1) is 19.9. The Kier molecular flexibility index (Phi) is 4.91. The molecule has 3 heterocycles. The van der Waals surface area contributed by atoms with Crippen LogP contribution < -0.4 is 11.3 Å². The zero-order chi connectivity index (χ0) is 20.1. The normalized spacial score (nSPS) is 29.1. The molecule has 0 bridgehead atoms. The van der Waals surface area contributed by atoms with E-state index in [-0.39, 0.29) is 17.1 Å². The number of aromatic nitrogens is 4. The van der Waals surface area contributed by atoms with Gasteiger partial charge in [0, 0.05) is 0 Å².